The van der Waals surface area contributed by atoms with Crippen molar-refractivity contribution in [2.24, 2.45) is 0 Å². The van der Waals surface area contributed by atoms with Crippen molar-refractivity contribution >= 4 is 23.7 Å². The zero-order valence-electron chi connectivity index (χ0n) is 15.0. The van der Waals surface area contributed by atoms with E-state index >= 15 is 0 Å². The van der Waals surface area contributed by atoms with Gasteiger partial charge in [-0.15, -0.1) is 0 Å². The molecule has 0 bridgehead atoms. The summed E-state index contributed by atoms with van der Waals surface area (Å²) in [6.45, 7) is 6.39. The second-order valence-corrected chi connectivity index (χ2v) is 7.01. The number of carbonyl (C=O) groups excluding carboxylic acids is 3. The van der Waals surface area contributed by atoms with Crippen LogP contribution in [0.1, 0.15) is 33.6 Å². The van der Waals surface area contributed by atoms with E-state index < -0.39 is 11.6 Å². The Morgan fingerprint density at radius 2 is 2.20 bits per heavy atom. The number of rotatable bonds is 5. The van der Waals surface area contributed by atoms with Crippen molar-refractivity contribution in [2.45, 2.75) is 51.8 Å². The van der Waals surface area contributed by atoms with Crippen LogP contribution in [0, 0.1) is 0 Å². The standard InChI is InChI=1S/C16H25N5O4/c1-16(2,3)25-15(24)20(4)9-10-21-8-7-12(19-21)17-11-5-6-13(22)18-14(11)23/h7-8,11H,5-6,9-10H2,1-4H3,(H,17,19)(H,18,22,23)/t11-/m0/s1. The van der Waals surface area contributed by atoms with Crippen molar-refractivity contribution in [3.8, 4) is 0 Å². The Kier molecular flexibility index (Phi) is 5.66. The van der Waals surface area contributed by atoms with Crippen molar-refractivity contribution in [3.63, 3.8) is 0 Å². The van der Waals surface area contributed by atoms with Gasteiger partial charge in [-0.05, 0) is 27.2 Å². The molecular weight excluding hydrogens is 326 g/mol. The minimum Gasteiger partial charge on any atom is -0.444 e. The first-order chi connectivity index (χ1) is 11.6. The molecule has 1 fully saturated rings. The third kappa shape index (κ3) is 5.77. The molecule has 1 saturated heterocycles. The summed E-state index contributed by atoms with van der Waals surface area (Å²) in [4.78, 5) is 36.3. The number of imide groups is 1. The number of nitrogens with one attached hydrogen (secondary N) is 2. The van der Waals surface area contributed by atoms with E-state index in [-0.39, 0.29) is 17.9 Å². The molecule has 1 aromatic rings. The molecule has 1 aliphatic heterocycles. The first kappa shape index (κ1) is 18.8. The van der Waals surface area contributed by atoms with Gasteiger partial charge in [0, 0.05) is 32.3 Å². The van der Waals surface area contributed by atoms with Gasteiger partial charge in [0.1, 0.15) is 17.5 Å². The second-order valence-electron chi connectivity index (χ2n) is 7.01. The van der Waals surface area contributed by atoms with Crippen LogP contribution in [-0.4, -0.2) is 57.8 Å². The van der Waals surface area contributed by atoms with Crippen LogP contribution < -0.4 is 10.6 Å². The smallest absolute Gasteiger partial charge is 0.410 e. The molecular formula is C16H25N5O4. The largest absolute Gasteiger partial charge is 0.444 e. The maximum Gasteiger partial charge on any atom is 0.410 e. The lowest BCUT2D eigenvalue weighted by molar-refractivity contribution is -0.133. The third-order valence-electron chi connectivity index (χ3n) is 3.57. The van der Waals surface area contributed by atoms with Gasteiger partial charge in [0.25, 0.3) is 0 Å². The number of nitrogens with zero attached hydrogens (tertiary/aromatic N) is 3. The van der Waals surface area contributed by atoms with E-state index in [9.17, 15) is 14.4 Å². The summed E-state index contributed by atoms with van der Waals surface area (Å²) in [5.41, 5.74) is -0.532. The van der Waals surface area contributed by atoms with Gasteiger partial charge in [0.05, 0.1) is 6.54 Å². The van der Waals surface area contributed by atoms with E-state index in [1.54, 1.807) is 24.0 Å². The van der Waals surface area contributed by atoms with E-state index in [1.807, 2.05) is 20.8 Å². The lowest BCUT2D eigenvalue weighted by Crippen LogP contribution is -2.47. The molecule has 3 amide bonds. The topological polar surface area (TPSA) is 106 Å². The summed E-state index contributed by atoms with van der Waals surface area (Å²) in [7, 11) is 1.67. The maximum atomic E-state index is 11.9. The first-order valence-electron chi connectivity index (χ1n) is 8.22. The molecule has 25 heavy (non-hydrogen) atoms. The summed E-state index contributed by atoms with van der Waals surface area (Å²) in [5, 5.41) is 9.63. The Hall–Kier alpha value is -2.58. The minimum absolute atomic E-state index is 0.251. The highest BCUT2D eigenvalue weighted by atomic mass is 16.6. The van der Waals surface area contributed by atoms with E-state index in [2.05, 4.69) is 15.7 Å². The highest BCUT2D eigenvalue weighted by Gasteiger charge is 2.26. The van der Waals surface area contributed by atoms with Crippen molar-refractivity contribution in [2.75, 3.05) is 18.9 Å². The first-order valence-corrected chi connectivity index (χ1v) is 8.22. The molecule has 9 nitrogen and oxygen atoms in total. The summed E-state index contributed by atoms with van der Waals surface area (Å²) in [6.07, 6.45) is 2.13. The fraction of sp³-hybridized carbons (Fsp3) is 0.625. The molecule has 0 radical (unpaired) electrons. The Morgan fingerprint density at radius 3 is 2.84 bits per heavy atom. The number of hydrogen-bond acceptors (Lipinski definition) is 6. The van der Waals surface area contributed by atoms with Crippen molar-refractivity contribution < 1.29 is 19.1 Å². The SMILES string of the molecule is CN(CCn1ccc(N[C@H]2CCC(=O)NC2=O)n1)C(=O)OC(C)(C)C. The number of ether oxygens (including phenoxy) is 1. The van der Waals surface area contributed by atoms with E-state index in [0.717, 1.165) is 0 Å². The maximum absolute atomic E-state index is 11.9. The zero-order chi connectivity index (χ0) is 18.6. The number of likely N-dealkylation sites (N-methyl/N-ethyl adjacent to an activating group) is 1. The van der Waals surface area contributed by atoms with Gasteiger partial charge in [-0.25, -0.2) is 4.79 Å². The number of amides is 3. The molecule has 0 saturated carbocycles. The van der Waals surface area contributed by atoms with Crippen LogP contribution in [0.2, 0.25) is 0 Å². The molecule has 138 valence electrons. The molecule has 0 aromatic carbocycles. The lowest BCUT2D eigenvalue weighted by Gasteiger charge is -2.24. The van der Waals surface area contributed by atoms with Gasteiger partial charge in [-0.1, -0.05) is 0 Å². The average molecular weight is 351 g/mol. The second kappa shape index (κ2) is 7.54. The molecule has 2 heterocycles. The quantitative estimate of drug-likeness (QED) is 0.766. The number of hydrogen-bond donors (Lipinski definition) is 2. The number of piperidine rings is 1. The highest BCUT2D eigenvalue weighted by Crippen LogP contribution is 2.12. The van der Waals surface area contributed by atoms with Crippen LogP contribution >= 0.6 is 0 Å². The fourth-order valence-electron chi connectivity index (χ4n) is 2.26. The van der Waals surface area contributed by atoms with Gasteiger partial charge >= 0.3 is 6.09 Å². The van der Waals surface area contributed by atoms with Crippen LogP contribution in [0.5, 0.6) is 0 Å². The summed E-state index contributed by atoms with van der Waals surface area (Å²) >= 11 is 0. The number of carbonyl (C=O) groups is 3. The zero-order valence-corrected chi connectivity index (χ0v) is 15.0. The van der Waals surface area contributed by atoms with Gasteiger partial charge < -0.3 is 15.0 Å². The van der Waals surface area contributed by atoms with E-state index in [1.165, 1.54) is 4.90 Å². The predicted molar refractivity (Wildman–Crippen MR) is 90.9 cm³/mol. The number of aromatic nitrogens is 2. The minimum atomic E-state index is -0.532. The van der Waals surface area contributed by atoms with Gasteiger partial charge in [0.15, 0.2) is 0 Å². The fourth-order valence-corrected chi connectivity index (χ4v) is 2.26. The molecule has 0 unspecified atom stereocenters. The predicted octanol–water partition coefficient (Wildman–Crippen LogP) is 0.967. The lowest BCUT2D eigenvalue weighted by atomic mass is 10.1. The third-order valence-corrected chi connectivity index (χ3v) is 3.57. The number of anilines is 1. The van der Waals surface area contributed by atoms with Crippen LogP contribution in [0.3, 0.4) is 0 Å². The molecule has 2 N–H and O–H groups in total. The van der Waals surface area contributed by atoms with Crippen LogP contribution in [0.15, 0.2) is 12.3 Å². The van der Waals surface area contributed by atoms with Crippen molar-refractivity contribution in [1.29, 1.82) is 0 Å². The summed E-state index contributed by atoms with van der Waals surface area (Å²) in [6, 6.07) is 1.28. The van der Waals surface area contributed by atoms with Gasteiger partial charge in [-0.3, -0.25) is 19.6 Å². The molecule has 2 rings (SSSR count). The van der Waals surface area contributed by atoms with Gasteiger partial charge in [-0.2, -0.15) is 5.10 Å². The summed E-state index contributed by atoms with van der Waals surface area (Å²) in [5.74, 6) is -0.0383. The molecule has 9 heteroatoms. The van der Waals surface area contributed by atoms with Crippen LogP contribution in [-0.2, 0) is 20.9 Å². The molecule has 1 aromatic heterocycles. The van der Waals surface area contributed by atoms with E-state index in [0.29, 0.717) is 31.7 Å². The average Bonchev–Trinajstić information content (AvgIpc) is 2.93. The summed E-state index contributed by atoms with van der Waals surface area (Å²) < 4.78 is 6.96. The molecule has 0 spiro atoms. The van der Waals surface area contributed by atoms with Crippen molar-refractivity contribution in [1.82, 2.24) is 20.0 Å². The Labute approximate surface area is 146 Å². The Bertz CT molecular complexity index is 649. The molecule has 0 aliphatic carbocycles. The normalized spacial score (nSPS) is 17.8. The monoisotopic (exact) mass is 351 g/mol. The van der Waals surface area contributed by atoms with E-state index in [4.69, 9.17) is 4.74 Å². The molecule has 1 aliphatic rings. The Morgan fingerprint density at radius 1 is 1.48 bits per heavy atom. The molecule has 1 atom stereocenters. The van der Waals surface area contributed by atoms with Crippen LogP contribution in [0.25, 0.3) is 0 Å². The highest BCUT2D eigenvalue weighted by molar-refractivity contribution is 6.01. The van der Waals surface area contributed by atoms with Crippen molar-refractivity contribution in [3.05, 3.63) is 12.3 Å². The van der Waals surface area contributed by atoms with Gasteiger partial charge in [0.2, 0.25) is 11.8 Å². The Balaban J connectivity index is 1.82. The van der Waals surface area contributed by atoms with Crippen LogP contribution in [0.4, 0.5) is 10.6 Å².